The van der Waals surface area contributed by atoms with Crippen molar-refractivity contribution in [3.05, 3.63) is 35.9 Å². The molecule has 0 spiro atoms. The quantitative estimate of drug-likeness (QED) is 0.817. The third-order valence-corrected chi connectivity index (χ3v) is 3.35. The Morgan fingerprint density at radius 3 is 2.73 bits per heavy atom. The second-order valence-electron chi connectivity index (χ2n) is 4.50. The summed E-state index contributed by atoms with van der Waals surface area (Å²) in [5.74, 6) is 0. The van der Waals surface area contributed by atoms with Crippen molar-refractivity contribution in [2.75, 3.05) is 13.1 Å². The number of rotatable bonds is 3. The lowest BCUT2D eigenvalue weighted by Gasteiger charge is -2.24. The summed E-state index contributed by atoms with van der Waals surface area (Å²) in [5.41, 5.74) is 7.44. The van der Waals surface area contributed by atoms with Crippen molar-refractivity contribution in [1.82, 2.24) is 4.90 Å². The highest BCUT2D eigenvalue weighted by molar-refractivity contribution is 5.18. The van der Waals surface area contributed by atoms with Gasteiger partial charge < -0.3 is 5.73 Å². The van der Waals surface area contributed by atoms with Gasteiger partial charge in [0.1, 0.15) is 0 Å². The fraction of sp³-hybridized carbons (Fsp3) is 0.538. The summed E-state index contributed by atoms with van der Waals surface area (Å²) in [7, 11) is 0. The summed E-state index contributed by atoms with van der Waals surface area (Å²) >= 11 is 0. The standard InChI is InChI=1S/C13H20N2/c1-11-6-5-9-15(11)10-13(14)12-7-3-2-4-8-12/h2-4,7-8,11,13H,5-6,9-10,14H2,1H3. The monoisotopic (exact) mass is 204 g/mol. The number of likely N-dealkylation sites (tertiary alicyclic amines) is 1. The number of nitrogens with zero attached hydrogens (tertiary/aromatic N) is 1. The van der Waals surface area contributed by atoms with E-state index in [1.807, 2.05) is 6.07 Å². The molecule has 1 aromatic rings. The molecule has 1 fully saturated rings. The maximum atomic E-state index is 6.20. The Kier molecular flexibility index (Phi) is 3.39. The summed E-state index contributed by atoms with van der Waals surface area (Å²) in [4.78, 5) is 2.50. The average molecular weight is 204 g/mol. The van der Waals surface area contributed by atoms with Gasteiger partial charge in [-0.05, 0) is 31.9 Å². The van der Waals surface area contributed by atoms with Crippen molar-refractivity contribution < 1.29 is 0 Å². The van der Waals surface area contributed by atoms with Gasteiger partial charge in [0.2, 0.25) is 0 Å². The van der Waals surface area contributed by atoms with Crippen LogP contribution in [0.15, 0.2) is 30.3 Å². The van der Waals surface area contributed by atoms with Crippen LogP contribution in [-0.4, -0.2) is 24.0 Å². The van der Waals surface area contributed by atoms with Crippen molar-refractivity contribution in [3.8, 4) is 0 Å². The Labute approximate surface area is 92.1 Å². The number of benzene rings is 1. The van der Waals surface area contributed by atoms with E-state index in [0.29, 0.717) is 6.04 Å². The molecule has 1 saturated heterocycles. The minimum Gasteiger partial charge on any atom is -0.323 e. The largest absolute Gasteiger partial charge is 0.323 e. The molecule has 2 nitrogen and oxygen atoms in total. The van der Waals surface area contributed by atoms with Gasteiger partial charge in [-0.1, -0.05) is 30.3 Å². The second-order valence-corrected chi connectivity index (χ2v) is 4.50. The van der Waals surface area contributed by atoms with Crippen LogP contribution in [0, 0.1) is 0 Å². The topological polar surface area (TPSA) is 29.3 Å². The van der Waals surface area contributed by atoms with Crippen LogP contribution in [0.3, 0.4) is 0 Å². The van der Waals surface area contributed by atoms with Crippen LogP contribution < -0.4 is 5.73 Å². The van der Waals surface area contributed by atoms with E-state index in [1.54, 1.807) is 0 Å². The maximum Gasteiger partial charge on any atom is 0.0424 e. The zero-order chi connectivity index (χ0) is 10.7. The number of hydrogen-bond acceptors (Lipinski definition) is 2. The highest BCUT2D eigenvalue weighted by Gasteiger charge is 2.22. The zero-order valence-electron chi connectivity index (χ0n) is 9.39. The molecule has 0 bridgehead atoms. The third kappa shape index (κ3) is 2.58. The second kappa shape index (κ2) is 4.77. The first kappa shape index (κ1) is 10.7. The van der Waals surface area contributed by atoms with E-state index < -0.39 is 0 Å². The molecule has 0 aromatic heterocycles. The Bertz CT molecular complexity index is 297. The van der Waals surface area contributed by atoms with E-state index in [2.05, 4.69) is 36.1 Å². The van der Waals surface area contributed by atoms with Crippen LogP contribution in [0.4, 0.5) is 0 Å². The maximum absolute atomic E-state index is 6.20. The summed E-state index contributed by atoms with van der Waals surface area (Å²) in [6.07, 6.45) is 2.64. The van der Waals surface area contributed by atoms with E-state index >= 15 is 0 Å². The molecule has 1 heterocycles. The van der Waals surface area contributed by atoms with Gasteiger partial charge in [-0.3, -0.25) is 4.90 Å². The van der Waals surface area contributed by atoms with Crippen LogP contribution in [0.25, 0.3) is 0 Å². The van der Waals surface area contributed by atoms with E-state index in [4.69, 9.17) is 5.73 Å². The smallest absolute Gasteiger partial charge is 0.0424 e. The van der Waals surface area contributed by atoms with Gasteiger partial charge in [-0.2, -0.15) is 0 Å². The van der Waals surface area contributed by atoms with E-state index in [1.165, 1.54) is 24.9 Å². The molecule has 2 rings (SSSR count). The molecule has 2 atom stereocenters. The lowest BCUT2D eigenvalue weighted by Crippen LogP contribution is -2.34. The molecule has 1 aliphatic rings. The first-order valence-corrected chi connectivity index (χ1v) is 5.82. The predicted octanol–water partition coefficient (Wildman–Crippen LogP) is 2.17. The molecule has 1 aromatic carbocycles. The van der Waals surface area contributed by atoms with Gasteiger partial charge in [0.25, 0.3) is 0 Å². The summed E-state index contributed by atoms with van der Waals surface area (Å²) in [6, 6.07) is 11.3. The van der Waals surface area contributed by atoms with E-state index in [-0.39, 0.29) is 6.04 Å². The minimum atomic E-state index is 0.159. The SMILES string of the molecule is CC1CCCN1CC(N)c1ccccc1. The molecule has 1 aliphatic heterocycles. The van der Waals surface area contributed by atoms with Gasteiger partial charge in [0, 0.05) is 18.6 Å². The third-order valence-electron chi connectivity index (χ3n) is 3.35. The van der Waals surface area contributed by atoms with Crippen molar-refractivity contribution in [3.63, 3.8) is 0 Å². The summed E-state index contributed by atoms with van der Waals surface area (Å²) in [6.45, 7) is 4.50. The van der Waals surface area contributed by atoms with Crippen molar-refractivity contribution >= 4 is 0 Å². The Morgan fingerprint density at radius 2 is 2.13 bits per heavy atom. The van der Waals surface area contributed by atoms with Crippen molar-refractivity contribution in [1.29, 1.82) is 0 Å². The average Bonchev–Trinajstić information content (AvgIpc) is 2.66. The van der Waals surface area contributed by atoms with Crippen LogP contribution in [0.2, 0.25) is 0 Å². The van der Waals surface area contributed by atoms with Crippen LogP contribution >= 0.6 is 0 Å². The van der Waals surface area contributed by atoms with Gasteiger partial charge in [-0.15, -0.1) is 0 Å². The van der Waals surface area contributed by atoms with Crippen molar-refractivity contribution in [2.45, 2.75) is 31.8 Å². The molecule has 82 valence electrons. The number of nitrogens with two attached hydrogens (primary N) is 1. The Morgan fingerprint density at radius 1 is 1.40 bits per heavy atom. The fourth-order valence-electron chi connectivity index (χ4n) is 2.32. The van der Waals surface area contributed by atoms with Crippen LogP contribution in [-0.2, 0) is 0 Å². The fourth-order valence-corrected chi connectivity index (χ4v) is 2.32. The zero-order valence-corrected chi connectivity index (χ0v) is 9.39. The molecule has 0 saturated carbocycles. The molecular formula is C13H20N2. The molecule has 15 heavy (non-hydrogen) atoms. The minimum absolute atomic E-state index is 0.159. The highest BCUT2D eigenvalue weighted by Crippen LogP contribution is 2.20. The molecule has 0 aliphatic carbocycles. The molecule has 2 unspecified atom stereocenters. The molecule has 0 radical (unpaired) electrons. The van der Waals surface area contributed by atoms with Gasteiger partial charge in [0.15, 0.2) is 0 Å². The van der Waals surface area contributed by atoms with Gasteiger partial charge >= 0.3 is 0 Å². The number of hydrogen-bond donors (Lipinski definition) is 1. The lowest BCUT2D eigenvalue weighted by atomic mass is 10.1. The lowest BCUT2D eigenvalue weighted by molar-refractivity contribution is 0.252. The summed E-state index contributed by atoms with van der Waals surface area (Å²) in [5, 5.41) is 0. The molecule has 2 N–H and O–H groups in total. The predicted molar refractivity (Wildman–Crippen MR) is 63.6 cm³/mol. The molecule has 2 heteroatoms. The van der Waals surface area contributed by atoms with Crippen molar-refractivity contribution in [2.24, 2.45) is 5.73 Å². The van der Waals surface area contributed by atoms with Crippen LogP contribution in [0.1, 0.15) is 31.4 Å². The molecule has 0 amide bonds. The van der Waals surface area contributed by atoms with E-state index in [9.17, 15) is 0 Å². The van der Waals surface area contributed by atoms with E-state index in [0.717, 1.165) is 6.54 Å². The van der Waals surface area contributed by atoms with Crippen LogP contribution in [0.5, 0.6) is 0 Å². The Hall–Kier alpha value is -0.860. The summed E-state index contributed by atoms with van der Waals surface area (Å²) < 4.78 is 0. The highest BCUT2D eigenvalue weighted by atomic mass is 15.2. The first-order valence-electron chi connectivity index (χ1n) is 5.82. The molecular weight excluding hydrogens is 184 g/mol. The van der Waals surface area contributed by atoms with Gasteiger partial charge in [-0.25, -0.2) is 0 Å². The Balaban J connectivity index is 1.95. The first-order chi connectivity index (χ1) is 7.27. The van der Waals surface area contributed by atoms with Gasteiger partial charge in [0.05, 0.1) is 0 Å². The normalized spacial score (nSPS) is 24.3.